The zero-order valence-electron chi connectivity index (χ0n) is 15.9. The van der Waals surface area contributed by atoms with Crippen LogP contribution in [0.2, 0.25) is 5.02 Å². The molecule has 1 heterocycles. The van der Waals surface area contributed by atoms with Crippen molar-refractivity contribution in [2.24, 2.45) is 0 Å². The fourth-order valence-corrected chi connectivity index (χ4v) is 3.56. The molecule has 0 saturated carbocycles. The summed E-state index contributed by atoms with van der Waals surface area (Å²) in [6.45, 7) is 1.53. The summed E-state index contributed by atoms with van der Waals surface area (Å²) in [5.41, 5.74) is -0.356. The normalized spacial score (nSPS) is 18.7. The van der Waals surface area contributed by atoms with Gasteiger partial charge in [-0.25, -0.2) is 9.18 Å². The van der Waals surface area contributed by atoms with Gasteiger partial charge >= 0.3 is 6.03 Å². The molecule has 2 aromatic rings. The van der Waals surface area contributed by atoms with Gasteiger partial charge in [-0.2, -0.15) is 0 Å². The highest BCUT2D eigenvalue weighted by Gasteiger charge is 2.52. The third-order valence-electron chi connectivity index (χ3n) is 4.83. The second-order valence-corrected chi connectivity index (χ2v) is 7.33. The number of anilines is 1. The lowest BCUT2D eigenvalue weighted by atomic mass is 9.85. The van der Waals surface area contributed by atoms with Crippen molar-refractivity contribution < 1.29 is 18.8 Å². The standard InChI is InChI=1S/C21H21ClFN3O3/c1-2-3-11-21(14-7-9-16(23)10-8-14)19(28)26(20(29)25-21)13-18(27)24-17-6-4-5-15(22)12-17/h4-10,12H,2-3,11,13H2,1H3,(H,24,27)(H,25,29)/t21-/m1/s1. The van der Waals surface area contributed by atoms with Gasteiger partial charge in [-0.1, -0.05) is 49.6 Å². The summed E-state index contributed by atoms with van der Waals surface area (Å²) in [5, 5.41) is 5.80. The molecule has 0 aromatic heterocycles. The number of imide groups is 1. The van der Waals surface area contributed by atoms with Crippen LogP contribution < -0.4 is 10.6 Å². The highest BCUT2D eigenvalue weighted by atomic mass is 35.5. The lowest BCUT2D eigenvalue weighted by Crippen LogP contribution is -2.44. The number of hydrogen-bond donors (Lipinski definition) is 2. The predicted molar refractivity (Wildman–Crippen MR) is 108 cm³/mol. The van der Waals surface area contributed by atoms with E-state index in [9.17, 15) is 18.8 Å². The number of carbonyl (C=O) groups is 3. The largest absolute Gasteiger partial charge is 0.325 e. The first-order valence-corrected chi connectivity index (χ1v) is 9.69. The molecule has 0 spiro atoms. The molecule has 1 atom stereocenters. The Morgan fingerprint density at radius 2 is 1.93 bits per heavy atom. The molecule has 29 heavy (non-hydrogen) atoms. The monoisotopic (exact) mass is 417 g/mol. The Labute approximate surface area is 173 Å². The van der Waals surface area contributed by atoms with Crippen molar-refractivity contribution >= 4 is 35.1 Å². The van der Waals surface area contributed by atoms with Crippen LogP contribution in [0.5, 0.6) is 0 Å². The number of nitrogens with zero attached hydrogens (tertiary/aromatic N) is 1. The molecule has 2 aromatic carbocycles. The third-order valence-corrected chi connectivity index (χ3v) is 5.06. The summed E-state index contributed by atoms with van der Waals surface area (Å²) >= 11 is 5.90. The van der Waals surface area contributed by atoms with Gasteiger partial charge in [-0.3, -0.25) is 14.5 Å². The Balaban J connectivity index is 1.81. The molecule has 0 bridgehead atoms. The van der Waals surface area contributed by atoms with Gasteiger partial charge < -0.3 is 10.6 Å². The first-order chi connectivity index (χ1) is 13.9. The average Bonchev–Trinajstić information content (AvgIpc) is 2.92. The van der Waals surface area contributed by atoms with Crippen molar-refractivity contribution in [1.29, 1.82) is 0 Å². The average molecular weight is 418 g/mol. The van der Waals surface area contributed by atoms with Gasteiger partial charge in [-0.15, -0.1) is 0 Å². The van der Waals surface area contributed by atoms with Crippen LogP contribution in [0, 0.1) is 5.82 Å². The lowest BCUT2D eigenvalue weighted by molar-refractivity contribution is -0.134. The topological polar surface area (TPSA) is 78.5 Å². The molecule has 6 nitrogen and oxygen atoms in total. The predicted octanol–water partition coefficient (Wildman–Crippen LogP) is 4.06. The minimum Gasteiger partial charge on any atom is -0.324 e. The highest BCUT2D eigenvalue weighted by Crippen LogP contribution is 2.34. The quantitative estimate of drug-likeness (QED) is 0.667. The number of amides is 4. The molecule has 1 aliphatic rings. The smallest absolute Gasteiger partial charge is 0.324 e. The summed E-state index contributed by atoms with van der Waals surface area (Å²) in [5.74, 6) is -1.49. The number of carbonyl (C=O) groups excluding carboxylic acids is 3. The minimum atomic E-state index is -1.31. The van der Waals surface area contributed by atoms with E-state index in [0.29, 0.717) is 29.1 Å². The summed E-state index contributed by atoms with van der Waals surface area (Å²) in [6, 6.07) is 11.4. The molecule has 0 unspecified atom stereocenters. The highest BCUT2D eigenvalue weighted by molar-refractivity contribution is 6.30. The molecule has 1 saturated heterocycles. The van der Waals surface area contributed by atoms with Gasteiger partial charge in [0.1, 0.15) is 17.9 Å². The van der Waals surface area contributed by atoms with Gasteiger partial charge in [0.05, 0.1) is 0 Å². The van der Waals surface area contributed by atoms with Crippen molar-refractivity contribution in [3.8, 4) is 0 Å². The van der Waals surface area contributed by atoms with Gasteiger partial charge in [0.15, 0.2) is 0 Å². The van der Waals surface area contributed by atoms with Gasteiger partial charge in [0, 0.05) is 10.7 Å². The third kappa shape index (κ3) is 4.40. The Kier molecular flexibility index (Phi) is 6.17. The molecule has 2 N–H and O–H groups in total. The fourth-order valence-electron chi connectivity index (χ4n) is 3.37. The number of rotatable bonds is 7. The maximum Gasteiger partial charge on any atom is 0.325 e. The van der Waals surface area contributed by atoms with Crippen molar-refractivity contribution in [3.63, 3.8) is 0 Å². The molecular weight excluding hydrogens is 397 g/mol. The van der Waals surface area contributed by atoms with E-state index in [1.165, 1.54) is 24.3 Å². The first kappa shape index (κ1) is 20.8. The molecular formula is C21H21ClFN3O3. The van der Waals surface area contributed by atoms with Gasteiger partial charge in [0.2, 0.25) is 5.91 Å². The molecule has 0 aliphatic carbocycles. The number of benzene rings is 2. The first-order valence-electron chi connectivity index (χ1n) is 9.31. The molecule has 152 valence electrons. The summed E-state index contributed by atoms with van der Waals surface area (Å²) in [6.07, 6.45) is 1.83. The summed E-state index contributed by atoms with van der Waals surface area (Å²) in [4.78, 5) is 39.1. The van der Waals surface area contributed by atoms with E-state index in [1.54, 1.807) is 24.3 Å². The zero-order chi connectivity index (χ0) is 21.0. The number of urea groups is 1. The van der Waals surface area contributed by atoms with Crippen molar-refractivity contribution in [2.75, 3.05) is 11.9 Å². The Bertz CT molecular complexity index is 935. The second kappa shape index (κ2) is 8.61. The number of unbranched alkanes of at least 4 members (excludes halogenated alkanes) is 1. The lowest BCUT2D eigenvalue weighted by Gasteiger charge is -2.27. The van der Waals surface area contributed by atoms with Gasteiger partial charge in [-0.05, 0) is 42.3 Å². The Hall–Kier alpha value is -2.93. The van der Waals surface area contributed by atoms with Crippen LogP contribution in [0.4, 0.5) is 14.9 Å². The summed E-state index contributed by atoms with van der Waals surface area (Å²) < 4.78 is 13.4. The van der Waals surface area contributed by atoms with E-state index in [4.69, 9.17) is 11.6 Å². The summed E-state index contributed by atoms with van der Waals surface area (Å²) in [7, 11) is 0. The molecule has 0 radical (unpaired) electrons. The van der Waals surface area contributed by atoms with E-state index < -0.39 is 35.7 Å². The minimum absolute atomic E-state index is 0.353. The van der Waals surface area contributed by atoms with E-state index in [-0.39, 0.29) is 0 Å². The van der Waals surface area contributed by atoms with Crippen LogP contribution in [-0.2, 0) is 15.1 Å². The van der Waals surface area contributed by atoms with Crippen LogP contribution in [0.1, 0.15) is 31.7 Å². The molecule has 1 aliphatic heterocycles. The fraction of sp³-hybridized carbons (Fsp3) is 0.286. The van der Waals surface area contributed by atoms with Gasteiger partial charge in [0.25, 0.3) is 5.91 Å². The number of halogens is 2. The Morgan fingerprint density at radius 3 is 2.59 bits per heavy atom. The van der Waals surface area contributed by atoms with E-state index in [0.717, 1.165) is 11.3 Å². The molecule has 1 fully saturated rings. The van der Waals surface area contributed by atoms with Crippen LogP contribution in [-0.4, -0.2) is 29.3 Å². The van der Waals surface area contributed by atoms with Crippen molar-refractivity contribution in [3.05, 3.63) is 64.9 Å². The van der Waals surface area contributed by atoms with E-state index in [2.05, 4.69) is 10.6 Å². The maximum atomic E-state index is 13.4. The molecule has 8 heteroatoms. The zero-order valence-corrected chi connectivity index (χ0v) is 16.6. The Morgan fingerprint density at radius 1 is 1.21 bits per heavy atom. The molecule has 4 amide bonds. The number of hydrogen-bond acceptors (Lipinski definition) is 3. The van der Waals surface area contributed by atoms with E-state index >= 15 is 0 Å². The second-order valence-electron chi connectivity index (χ2n) is 6.90. The van der Waals surface area contributed by atoms with Crippen LogP contribution >= 0.6 is 11.6 Å². The van der Waals surface area contributed by atoms with Crippen molar-refractivity contribution in [2.45, 2.75) is 31.7 Å². The van der Waals surface area contributed by atoms with Crippen LogP contribution in [0.3, 0.4) is 0 Å². The maximum absolute atomic E-state index is 13.4. The molecule has 3 rings (SSSR count). The number of nitrogens with one attached hydrogen (secondary N) is 2. The van der Waals surface area contributed by atoms with Crippen LogP contribution in [0.15, 0.2) is 48.5 Å². The van der Waals surface area contributed by atoms with Crippen molar-refractivity contribution in [1.82, 2.24) is 10.2 Å². The van der Waals surface area contributed by atoms with Crippen LogP contribution in [0.25, 0.3) is 0 Å². The van der Waals surface area contributed by atoms with E-state index in [1.807, 2.05) is 6.92 Å². The SMILES string of the molecule is CCCC[C@]1(c2ccc(F)cc2)NC(=O)N(CC(=O)Nc2cccc(Cl)c2)C1=O.